The summed E-state index contributed by atoms with van der Waals surface area (Å²) in [6.45, 7) is -4.36. The predicted molar refractivity (Wildman–Crippen MR) is 138 cm³/mol. The molecule has 4 aromatic heterocycles. The van der Waals surface area contributed by atoms with Crippen molar-refractivity contribution in [1.82, 2.24) is 39.1 Å². The zero-order chi connectivity index (χ0) is 27.5. The van der Waals surface area contributed by atoms with Gasteiger partial charge in [-0.25, -0.2) is 19.5 Å². The molecule has 0 radical (unpaired) electrons. The van der Waals surface area contributed by atoms with Crippen molar-refractivity contribution < 1.29 is 28.8 Å². The number of hydrogen-bond donors (Lipinski definition) is 6. The van der Waals surface area contributed by atoms with Crippen LogP contribution in [-0.4, -0.2) is 86.5 Å². The number of nitrogens with two attached hydrogens (primary N) is 2. The summed E-state index contributed by atoms with van der Waals surface area (Å²) in [5.74, 6) is 0.0724. The Hall–Kier alpha value is -3.12. The fraction of sp³-hybridized carbons (Fsp3) is 0.500. The van der Waals surface area contributed by atoms with Crippen molar-refractivity contribution in [2.24, 2.45) is 0 Å². The molecule has 4 aromatic rings. The van der Waals surface area contributed by atoms with Crippen LogP contribution < -0.4 is 17.0 Å². The molecule has 39 heavy (non-hydrogen) atoms. The lowest BCUT2D eigenvalue weighted by molar-refractivity contribution is -0.0239. The standard InChI is InChI=1S/C20H25N10O7PS/c21-15-17-23-3-9(30(17)26-6-24-15)11-2-10(32)12(37-11)5-35-38(34,39)13-1-8(4-31)36-19(13)29-7-25-14-16(29)27-20(22)28-18(14)33/h3,6-8,10-13,19,31-32H,1-2,4-5H2,(H,34,39)(H2,21,24,26)(H3,22,27,28,33)/t8-,10-,11+,12+,13+,19+,38+/m0/s1. The Morgan fingerprint density at radius 2 is 2.05 bits per heavy atom. The summed E-state index contributed by atoms with van der Waals surface area (Å²) >= 11 is 4.37. The monoisotopic (exact) mass is 580 g/mol. The fourth-order valence-electron chi connectivity index (χ4n) is 4.94. The second-order valence-corrected chi connectivity index (χ2v) is 13.0. The highest BCUT2D eigenvalue weighted by molar-refractivity contribution is 8.46. The van der Waals surface area contributed by atoms with Crippen LogP contribution in [0.3, 0.4) is 0 Å². The zero-order valence-electron chi connectivity index (χ0n) is 20.1. The summed E-state index contributed by atoms with van der Waals surface area (Å²) in [7, 11) is 0. The molecule has 0 saturated carbocycles. The van der Waals surface area contributed by atoms with Crippen LogP contribution in [0.4, 0.5) is 11.8 Å². The number of hydrogen-bond acceptors (Lipinski definition) is 14. The molecule has 0 amide bonds. The zero-order valence-corrected chi connectivity index (χ0v) is 21.9. The SMILES string of the molecule is Nc1nc2c(ncn2[C@@H]2O[C@H](CO)C[C@H]2[P@](=O)(S)OC[C@H]2O[C@@H](c3cnc4c(N)ncnn34)C[C@@H]2O)c(=O)[nH]1. The molecule has 19 heteroatoms. The highest BCUT2D eigenvalue weighted by Crippen LogP contribution is 2.63. The van der Waals surface area contributed by atoms with E-state index in [1.807, 2.05) is 0 Å². The summed E-state index contributed by atoms with van der Waals surface area (Å²) in [5.41, 5.74) is 11.2. The van der Waals surface area contributed by atoms with E-state index in [1.165, 1.54) is 21.7 Å². The molecule has 17 nitrogen and oxygen atoms in total. The number of imidazole rings is 2. The number of nitrogens with one attached hydrogen (secondary N) is 1. The molecule has 0 aliphatic carbocycles. The molecule has 0 spiro atoms. The Morgan fingerprint density at radius 1 is 1.23 bits per heavy atom. The Balaban J connectivity index is 1.20. The molecule has 2 aliphatic rings. The summed E-state index contributed by atoms with van der Waals surface area (Å²) in [6, 6.07) is 0. The Kier molecular flexibility index (Phi) is 6.57. The molecule has 6 rings (SSSR count). The number of aliphatic hydroxyl groups excluding tert-OH is 2. The number of H-pyrrole nitrogens is 1. The first kappa shape index (κ1) is 26.1. The average Bonchev–Trinajstić information content (AvgIpc) is 3.67. The Labute approximate surface area is 224 Å². The number of ether oxygens (including phenoxy) is 2. The van der Waals surface area contributed by atoms with Gasteiger partial charge < -0.3 is 35.7 Å². The number of nitrogens with zero attached hydrogens (tertiary/aromatic N) is 7. The summed E-state index contributed by atoms with van der Waals surface area (Å²) in [4.78, 5) is 30.9. The van der Waals surface area contributed by atoms with E-state index < -0.39 is 48.4 Å². The van der Waals surface area contributed by atoms with Crippen LogP contribution in [0.25, 0.3) is 16.8 Å². The molecular weight excluding hydrogens is 555 g/mol. The summed E-state index contributed by atoms with van der Waals surface area (Å²) < 4.78 is 34.4. The number of anilines is 2. The molecule has 2 aliphatic heterocycles. The largest absolute Gasteiger partial charge is 0.394 e. The second kappa shape index (κ2) is 9.81. The Morgan fingerprint density at radius 3 is 2.85 bits per heavy atom. The van der Waals surface area contributed by atoms with Gasteiger partial charge >= 0.3 is 0 Å². The highest BCUT2D eigenvalue weighted by atomic mass is 32.7. The van der Waals surface area contributed by atoms with Gasteiger partial charge in [0.1, 0.15) is 24.8 Å². The minimum Gasteiger partial charge on any atom is -0.394 e. The third-order valence-electron chi connectivity index (χ3n) is 6.85. The smallest absolute Gasteiger partial charge is 0.280 e. The van der Waals surface area contributed by atoms with Gasteiger partial charge in [-0.3, -0.25) is 18.9 Å². The number of nitrogen functional groups attached to an aromatic ring is 2. The van der Waals surface area contributed by atoms with Crippen molar-refractivity contribution in [1.29, 1.82) is 0 Å². The predicted octanol–water partition coefficient (Wildman–Crippen LogP) is -0.599. The minimum absolute atomic E-state index is 0.0156. The number of fused-ring (bicyclic) bond motifs is 2. The lowest BCUT2D eigenvalue weighted by Crippen LogP contribution is -2.27. The first-order valence-corrected chi connectivity index (χ1v) is 14.7. The van der Waals surface area contributed by atoms with Gasteiger partial charge in [-0.15, -0.1) is 0 Å². The fourth-order valence-corrected chi connectivity index (χ4v) is 7.35. The second-order valence-electron chi connectivity index (χ2n) is 9.30. The van der Waals surface area contributed by atoms with Crippen LogP contribution in [0.2, 0.25) is 0 Å². The van der Waals surface area contributed by atoms with E-state index in [0.29, 0.717) is 11.3 Å². The average molecular weight is 581 g/mol. The third-order valence-corrected chi connectivity index (χ3v) is 9.91. The van der Waals surface area contributed by atoms with Crippen LogP contribution in [0.15, 0.2) is 23.6 Å². The van der Waals surface area contributed by atoms with Crippen molar-refractivity contribution >= 4 is 47.4 Å². The molecule has 2 fully saturated rings. The number of aromatic amines is 1. The molecule has 0 bridgehead atoms. The van der Waals surface area contributed by atoms with Crippen molar-refractivity contribution in [2.75, 3.05) is 24.7 Å². The van der Waals surface area contributed by atoms with Crippen molar-refractivity contribution in [3.63, 3.8) is 0 Å². The summed E-state index contributed by atoms with van der Waals surface area (Å²) in [5, 5.41) is 24.6. The van der Waals surface area contributed by atoms with E-state index in [1.54, 1.807) is 6.20 Å². The van der Waals surface area contributed by atoms with Crippen molar-refractivity contribution in [3.05, 3.63) is 34.9 Å². The van der Waals surface area contributed by atoms with E-state index in [2.05, 4.69) is 42.3 Å². The molecule has 0 aromatic carbocycles. The van der Waals surface area contributed by atoms with Gasteiger partial charge in [0, 0.05) is 6.42 Å². The van der Waals surface area contributed by atoms with Gasteiger partial charge in [0.15, 0.2) is 22.6 Å². The van der Waals surface area contributed by atoms with E-state index >= 15 is 0 Å². The molecule has 2 saturated heterocycles. The van der Waals surface area contributed by atoms with Gasteiger partial charge in [0.05, 0.1) is 49.3 Å². The van der Waals surface area contributed by atoms with Gasteiger partial charge in [0.25, 0.3) is 12.1 Å². The molecule has 7 N–H and O–H groups in total. The number of aliphatic hydroxyl groups is 2. The van der Waals surface area contributed by atoms with Crippen molar-refractivity contribution in [3.8, 4) is 0 Å². The molecule has 0 unspecified atom stereocenters. The van der Waals surface area contributed by atoms with Gasteiger partial charge in [-0.2, -0.15) is 10.1 Å². The maximum absolute atomic E-state index is 13.8. The molecule has 7 atom stereocenters. The van der Waals surface area contributed by atoms with Crippen LogP contribution in [0.5, 0.6) is 0 Å². The number of thiol groups is 1. The van der Waals surface area contributed by atoms with E-state index in [0.717, 1.165) is 0 Å². The van der Waals surface area contributed by atoms with Crippen LogP contribution in [0.1, 0.15) is 30.9 Å². The first-order valence-electron chi connectivity index (χ1n) is 11.9. The van der Waals surface area contributed by atoms with Gasteiger partial charge in [-0.05, 0) is 6.42 Å². The van der Waals surface area contributed by atoms with Crippen LogP contribution >= 0.6 is 18.8 Å². The quantitative estimate of drug-likeness (QED) is 0.118. The molecular formula is C20H25N10O7PS. The lowest BCUT2D eigenvalue weighted by Gasteiger charge is -2.26. The normalized spacial score (nSPS) is 28.9. The van der Waals surface area contributed by atoms with E-state index in [-0.39, 0.29) is 49.0 Å². The Bertz CT molecular complexity index is 1640. The number of rotatable bonds is 7. The first-order chi connectivity index (χ1) is 18.7. The lowest BCUT2D eigenvalue weighted by atomic mass is 10.1. The van der Waals surface area contributed by atoms with Crippen molar-refractivity contribution in [2.45, 2.75) is 49.1 Å². The third kappa shape index (κ3) is 4.57. The van der Waals surface area contributed by atoms with Crippen LogP contribution in [0, 0.1) is 0 Å². The molecule has 6 heterocycles. The maximum Gasteiger partial charge on any atom is 0.280 e. The number of aromatic nitrogens is 8. The summed E-state index contributed by atoms with van der Waals surface area (Å²) in [6.07, 6.45) is 0.504. The topological polar surface area (TPSA) is 244 Å². The molecule has 208 valence electrons. The van der Waals surface area contributed by atoms with Gasteiger partial charge in [0.2, 0.25) is 5.95 Å². The van der Waals surface area contributed by atoms with Gasteiger partial charge in [-0.1, -0.05) is 12.2 Å². The van der Waals surface area contributed by atoms with Crippen LogP contribution in [-0.2, 0) is 18.6 Å². The maximum atomic E-state index is 13.8. The highest BCUT2D eigenvalue weighted by Gasteiger charge is 2.48. The minimum atomic E-state index is -3.78. The van der Waals surface area contributed by atoms with E-state index in [4.69, 9.17) is 25.5 Å². The van der Waals surface area contributed by atoms with E-state index in [9.17, 15) is 19.6 Å².